The van der Waals surface area contributed by atoms with Crippen LogP contribution < -0.4 is 10.6 Å². The van der Waals surface area contributed by atoms with Crippen LogP contribution in [0, 0.1) is 5.92 Å². The van der Waals surface area contributed by atoms with Crippen LogP contribution in [-0.2, 0) is 0 Å². The Balaban J connectivity index is 1.76. The van der Waals surface area contributed by atoms with E-state index in [2.05, 4.69) is 44.0 Å². The molecule has 3 N–H and O–H groups in total. The maximum absolute atomic E-state index is 9.50. The minimum absolute atomic E-state index is 0.0481. The summed E-state index contributed by atoms with van der Waals surface area (Å²) in [7, 11) is 0. The third-order valence-corrected chi connectivity index (χ3v) is 5.58. The Hall–Kier alpha value is -1.89. The number of aliphatic hydroxyl groups excluding tert-OH is 1. The monoisotopic (exact) mass is 374 g/mol. The largest absolute Gasteiger partial charge is 0.394 e. The van der Waals surface area contributed by atoms with Gasteiger partial charge in [-0.05, 0) is 39.0 Å². The molecule has 7 heteroatoms. The Morgan fingerprint density at radius 1 is 1.26 bits per heavy atom. The second-order valence-electron chi connectivity index (χ2n) is 7.97. The zero-order chi connectivity index (χ0) is 19.2. The molecule has 1 aliphatic carbocycles. The first kappa shape index (κ1) is 19.9. The molecule has 150 valence electrons. The lowest BCUT2D eigenvalue weighted by molar-refractivity contribution is 0.271. The second kappa shape index (κ2) is 9.35. The topological polar surface area (TPSA) is 87.9 Å². The Morgan fingerprint density at radius 2 is 2.04 bits per heavy atom. The van der Waals surface area contributed by atoms with Crippen molar-refractivity contribution in [2.24, 2.45) is 5.92 Å². The summed E-state index contributed by atoms with van der Waals surface area (Å²) in [5.41, 5.74) is 1.64. The number of anilines is 2. The fourth-order valence-corrected chi connectivity index (χ4v) is 3.84. The lowest BCUT2D eigenvalue weighted by Crippen LogP contribution is -2.24. The standard InChI is InChI=1S/C20H34N6O/c1-4-16(12-27)23-20-24-18(21-11-7-10-15-8-5-6-9-15)17-19(25-20)26(13-22-17)14(2)3/h13-16,27H,4-12H2,1-3H3,(H2,21,23,24,25)/t16-/m1/s1. The summed E-state index contributed by atoms with van der Waals surface area (Å²) in [5.74, 6) is 2.23. The van der Waals surface area contributed by atoms with E-state index in [4.69, 9.17) is 0 Å². The van der Waals surface area contributed by atoms with Gasteiger partial charge >= 0.3 is 0 Å². The zero-order valence-corrected chi connectivity index (χ0v) is 16.9. The van der Waals surface area contributed by atoms with E-state index < -0.39 is 0 Å². The lowest BCUT2D eigenvalue weighted by Gasteiger charge is -2.16. The Bertz CT molecular complexity index is 719. The van der Waals surface area contributed by atoms with Crippen LogP contribution in [0.15, 0.2) is 6.33 Å². The predicted molar refractivity (Wildman–Crippen MR) is 110 cm³/mol. The smallest absolute Gasteiger partial charge is 0.227 e. The number of fused-ring (bicyclic) bond motifs is 1. The molecule has 7 nitrogen and oxygen atoms in total. The van der Waals surface area contributed by atoms with E-state index >= 15 is 0 Å². The molecule has 1 atom stereocenters. The van der Waals surface area contributed by atoms with Gasteiger partial charge in [0.1, 0.15) is 0 Å². The summed E-state index contributed by atoms with van der Waals surface area (Å²) in [6.07, 6.45) is 10.7. The van der Waals surface area contributed by atoms with E-state index in [-0.39, 0.29) is 18.7 Å². The molecule has 1 fully saturated rings. The van der Waals surface area contributed by atoms with Crippen LogP contribution in [0.5, 0.6) is 0 Å². The van der Waals surface area contributed by atoms with E-state index in [0.717, 1.165) is 42.3 Å². The van der Waals surface area contributed by atoms with Gasteiger partial charge in [-0.15, -0.1) is 0 Å². The zero-order valence-electron chi connectivity index (χ0n) is 16.9. The van der Waals surface area contributed by atoms with Crippen LogP contribution >= 0.6 is 0 Å². The van der Waals surface area contributed by atoms with Crippen molar-refractivity contribution in [3.8, 4) is 0 Å². The van der Waals surface area contributed by atoms with Crippen molar-refractivity contribution in [2.75, 3.05) is 23.8 Å². The quantitative estimate of drug-likeness (QED) is 0.545. The van der Waals surface area contributed by atoms with Crippen LogP contribution in [0.1, 0.15) is 71.8 Å². The highest BCUT2D eigenvalue weighted by Gasteiger charge is 2.17. The van der Waals surface area contributed by atoms with Crippen molar-refractivity contribution in [3.63, 3.8) is 0 Å². The molecule has 1 saturated carbocycles. The van der Waals surface area contributed by atoms with Crippen molar-refractivity contribution in [1.29, 1.82) is 0 Å². The van der Waals surface area contributed by atoms with E-state index in [0.29, 0.717) is 5.95 Å². The second-order valence-corrected chi connectivity index (χ2v) is 7.97. The van der Waals surface area contributed by atoms with Gasteiger partial charge in [0.2, 0.25) is 5.95 Å². The van der Waals surface area contributed by atoms with Crippen molar-refractivity contribution in [3.05, 3.63) is 6.33 Å². The number of hydrogen-bond donors (Lipinski definition) is 3. The Labute approximate surface area is 162 Å². The summed E-state index contributed by atoms with van der Waals surface area (Å²) >= 11 is 0. The highest BCUT2D eigenvalue weighted by atomic mass is 16.3. The van der Waals surface area contributed by atoms with Gasteiger partial charge in [0.15, 0.2) is 17.0 Å². The first-order chi connectivity index (χ1) is 13.1. The third kappa shape index (κ3) is 4.89. The molecule has 0 spiro atoms. The normalized spacial score (nSPS) is 16.3. The van der Waals surface area contributed by atoms with Gasteiger partial charge in [-0.1, -0.05) is 32.6 Å². The van der Waals surface area contributed by atoms with Crippen molar-refractivity contribution in [1.82, 2.24) is 19.5 Å². The van der Waals surface area contributed by atoms with Gasteiger partial charge < -0.3 is 20.3 Å². The molecule has 2 aromatic rings. The average Bonchev–Trinajstić information content (AvgIpc) is 3.32. The fourth-order valence-electron chi connectivity index (χ4n) is 3.84. The number of aliphatic hydroxyl groups is 1. The minimum atomic E-state index is -0.0481. The maximum atomic E-state index is 9.50. The molecule has 0 aliphatic heterocycles. The van der Waals surface area contributed by atoms with Crippen LogP contribution in [0.4, 0.5) is 11.8 Å². The Morgan fingerprint density at radius 3 is 2.70 bits per heavy atom. The molecule has 3 rings (SSSR count). The van der Waals surface area contributed by atoms with Crippen LogP contribution in [0.3, 0.4) is 0 Å². The number of aromatic nitrogens is 4. The molecule has 0 aromatic carbocycles. The molecule has 0 radical (unpaired) electrons. The third-order valence-electron chi connectivity index (χ3n) is 5.58. The summed E-state index contributed by atoms with van der Waals surface area (Å²) in [6.45, 7) is 7.23. The summed E-state index contributed by atoms with van der Waals surface area (Å²) in [5, 5.41) is 16.2. The van der Waals surface area contributed by atoms with Crippen LogP contribution in [0.25, 0.3) is 11.2 Å². The molecule has 0 saturated heterocycles. The van der Waals surface area contributed by atoms with Crippen LogP contribution in [0.2, 0.25) is 0 Å². The van der Waals surface area contributed by atoms with E-state index in [1.807, 2.05) is 13.3 Å². The average molecular weight is 375 g/mol. The molecule has 2 heterocycles. The van der Waals surface area contributed by atoms with Crippen molar-refractivity contribution >= 4 is 22.9 Å². The van der Waals surface area contributed by atoms with E-state index in [9.17, 15) is 5.11 Å². The molecule has 27 heavy (non-hydrogen) atoms. The highest BCUT2D eigenvalue weighted by molar-refractivity contribution is 5.84. The highest BCUT2D eigenvalue weighted by Crippen LogP contribution is 2.29. The SMILES string of the molecule is CC[C@H](CO)Nc1nc(NCCCC2CCCC2)c2ncn(C(C)C)c2n1. The van der Waals surface area contributed by atoms with Gasteiger partial charge in [-0.2, -0.15) is 9.97 Å². The van der Waals surface area contributed by atoms with E-state index in [1.54, 1.807) is 0 Å². The number of nitrogens with one attached hydrogen (secondary N) is 2. The number of imidazole rings is 1. The van der Waals surface area contributed by atoms with E-state index in [1.165, 1.54) is 32.1 Å². The van der Waals surface area contributed by atoms with Crippen molar-refractivity contribution in [2.45, 2.75) is 77.8 Å². The summed E-state index contributed by atoms with van der Waals surface area (Å²) < 4.78 is 2.06. The maximum Gasteiger partial charge on any atom is 0.227 e. The first-order valence-electron chi connectivity index (χ1n) is 10.5. The summed E-state index contributed by atoms with van der Waals surface area (Å²) in [4.78, 5) is 13.9. The number of rotatable bonds is 10. The molecule has 2 aromatic heterocycles. The molecule has 0 amide bonds. The fraction of sp³-hybridized carbons (Fsp3) is 0.750. The number of hydrogen-bond acceptors (Lipinski definition) is 6. The van der Waals surface area contributed by atoms with Gasteiger partial charge in [0, 0.05) is 12.6 Å². The molecule has 1 aliphatic rings. The van der Waals surface area contributed by atoms with Gasteiger partial charge in [-0.3, -0.25) is 0 Å². The summed E-state index contributed by atoms with van der Waals surface area (Å²) in [6, 6.07) is 0.223. The first-order valence-corrected chi connectivity index (χ1v) is 10.5. The molecular weight excluding hydrogens is 340 g/mol. The van der Waals surface area contributed by atoms with Gasteiger partial charge in [0.25, 0.3) is 0 Å². The molecule has 0 unspecified atom stereocenters. The molecule has 0 bridgehead atoms. The van der Waals surface area contributed by atoms with Crippen LogP contribution in [-0.4, -0.2) is 43.8 Å². The van der Waals surface area contributed by atoms with Gasteiger partial charge in [0.05, 0.1) is 19.0 Å². The lowest BCUT2D eigenvalue weighted by atomic mass is 10.0. The minimum Gasteiger partial charge on any atom is -0.394 e. The number of nitrogens with zero attached hydrogens (tertiary/aromatic N) is 4. The van der Waals surface area contributed by atoms with Gasteiger partial charge in [-0.25, -0.2) is 4.98 Å². The predicted octanol–water partition coefficient (Wildman–Crippen LogP) is 3.97. The van der Waals surface area contributed by atoms with Crippen molar-refractivity contribution < 1.29 is 5.11 Å². The Kier molecular flexibility index (Phi) is 6.88. The molecular formula is C20H34N6O.